The third-order valence-electron chi connectivity index (χ3n) is 3.84. The van der Waals surface area contributed by atoms with Gasteiger partial charge >= 0.3 is 0 Å². The minimum atomic E-state index is -0.163. The molecule has 0 saturated carbocycles. The second kappa shape index (κ2) is 4.78. The molecule has 2 unspecified atom stereocenters. The lowest BCUT2D eigenvalue weighted by molar-refractivity contribution is 0.0650. The molecule has 1 aromatic rings. The van der Waals surface area contributed by atoms with Crippen LogP contribution in [0.15, 0.2) is 24.3 Å². The zero-order valence-corrected chi connectivity index (χ0v) is 11.0. The van der Waals surface area contributed by atoms with Gasteiger partial charge in [-0.15, -0.1) is 0 Å². The highest BCUT2D eigenvalue weighted by molar-refractivity contribution is 6.21. The lowest BCUT2D eigenvalue weighted by Crippen LogP contribution is -2.30. The van der Waals surface area contributed by atoms with Gasteiger partial charge in [0.2, 0.25) is 0 Å². The zero-order chi connectivity index (χ0) is 13.4. The number of fused-ring (bicyclic) bond motifs is 1. The van der Waals surface area contributed by atoms with E-state index in [9.17, 15) is 9.59 Å². The molecule has 1 fully saturated rings. The first-order valence-electron chi connectivity index (χ1n) is 6.83. The van der Waals surface area contributed by atoms with Crippen LogP contribution in [0.25, 0.3) is 0 Å². The van der Waals surface area contributed by atoms with E-state index < -0.39 is 0 Å². The van der Waals surface area contributed by atoms with Gasteiger partial charge in [-0.2, -0.15) is 0 Å². The van der Waals surface area contributed by atoms with Gasteiger partial charge < -0.3 is 4.74 Å². The molecule has 4 heteroatoms. The summed E-state index contributed by atoms with van der Waals surface area (Å²) in [4.78, 5) is 25.5. The van der Waals surface area contributed by atoms with Crippen LogP contribution < -0.4 is 0 Å². The summed E-state index contributed by atoms with van der Waals surface area (Å²) in [5, 5.41) is 0. The molecule has 0 N–H and O–H groups in total. The Hall–Kier alpha value is -1.68. The maximum absolute atomic E-state index is 12.1. The Morgan fingerprint density at radius 3 is 2.26 bits per heavy atom. The molecule has 19 heavy (non-hydrogen) atoms. The standard InChI is InChI=1S/C15H17NO3/c1-2-12-13(19-12)8-5-9-16-14(17)10-6-3-4-7-11(10)15(16)18/h3-4,6-7,12-13H,2,5,8-9H2,1H3. The summed E-state index contributed by atoms with van der Waals surface area (Å²) < 4.78 is 5.46. The highest BCUT2D eigenvalue weighted by Gasteiger charge is 2.38. The van der Waals surface area contributed by atoms with Gasteiger partial charge in [-0.3, -0.25) is 14.5 Å². The topological polar surface area (TPSA) is 49.9 Å². The number of rotatable bonds is 5. The molecule has 2 heterocycles. The van der Waals surface area contributed by atoms with E-state index in [-0.39, 0.29) is 11.8 Å². The van der Waals surface area contributed by atoms with Crippen molar-refractivity contribution in [2.45, 2.75) is 38.4 Å². The van der Waals surface area contributed by atoms with Crippen molar-refractivity contribution >= 4 is 11.8 Å². The maximum Gasteiger partial charge on any atom is 0.261 e. The van der Waals surface area contributed by atoms with Crippen molar-refractivity contribution in [2.75, 3.05) is 6.54 Å². The number of benzene rings is 1. The number of nitrogens with zero attached hydrogens (tertiary/aromatic N) is 1. The van der Waals surface area contributed by atoms with Crippen molar-refractivity contribution in [1.29, 1.82) is 0 Å². The largest absolute Gasteiger partial charge is 0.370 e. The predicted molar refractivity (Wildman–Crippen MR) is 70.0 cm³/mol. The van der Waals surface area contributed by atoms with Gasteiger partial charge in [-0.25, -0.2) is 0 Å². The highest BCUT2D eigenvalue weighted by Crippen LogP contribution is 2.29. The SMILES string of the molecule is CCC1OC1CCCN1C(=O)c2ccccc2C1=O. The summed E-state index contributed by atoms with van der Waals surface area (Å²) in [7, 11) is 0. The fraction of sp³-hybridized carbons (Fsp3) is 0.467. The van der Waals surface area contributed by atoms with Gasteiger partial charge in [-0.1, -0.05) is 19.1 Å². The Kier molecular flexibility index (Phi) is 3.11. The molecular formula is C15H17NO3. The maximum atomic E-state index is 12.1. The first kappa shape index (κ1) is 12.4. The van der Waals surface area contributed by atoms with Gasteiger partial charge in [0.05, 0.1) is 23.3 Å². The van der Waals surface area contributed by atoms with Gasteiger partial charge in [0.15, 0.2) is 0 Å². The molecule has 4 nitrogen and oxygen atoms in total. The fourth-order valence-corrected chi connectivity index (χ4v) is 2.69. The number of ether oxygens (including phenoxy) is 1. The van der Waals surface area contributed by atoms with Crippen molar-refractivity contribution in [2.24, 2.45) is 0 Å². The first-order chi connectivity index (χ1) is 9.22. The van der Waals surface area contributed by atoms with Gasteiger partial charge in [0.1, 0.15) is 0 Å². The predicted octanol–water partition coefficient (Wildman–Crippen LogP) is 2.24. The van der Waals surface area contributed by atoms with Crippen LogP contribution in [0.5, 0.6) is 0 Å². The van der Waals surface area contributed by atoms with Gasteiger partial charge in [0, 0.05) is 6.54 Å². The van der Waals surface area contributed by atoms with Crippen LogP contribution in [0, 0.1) is 0 Å². The summed E-state index contributed by atoms with van der Waals surface area (Å²) in [5.41, 5.74) is 1.06. The number of carbonyl (C=O) groups is 2. The van der Waals surface area contributed by atoms with E-state index in [0.717, 1.165) is 19.3 Å². The normalized spacial score (nSPS) is 24.8. The van der Waals surface area contributed by atoms with Gasteiger partial charge in [-0.05, 0) is 31.4 Å². The van der Waals surface area contributed by atoms with Crippen molar-refractivity contribution in [3.8, 4) is 0 Å². The van der Waals surface area contributed by atoms with Gasteiger partial charge in [0.25, 0.3) is 11.8 Å². The molecule has 1 aromatic carbocycles. The van der Waals surface area contributed by atoms with Crippen molar-refractivity contribution in [1.82, 2.24) is 4.90 Å². The van der Waals surface area contributed by atoms with Crippen LogP contribution in [-0.4, -0.2) is 35.5 Å². The monoisotopic (exact) mass is 259 g/mol. The summed E-state index contributed by atoms with van der Waals surface area (Å²) in [6.07, 6.45) is 3.50. The van der Waals surface area contributed by atoms with E-state index in [2.05, 4.69) is 6.92 Å². The lowest BCUT2D eigenvalue weighted by Gasteiger charge is -2.12. The first-order valence-corrected chi connectivity index (χ1v) is 6.83. The van der Waals surface area contributed by atoms with Crippen LogP contribution in [0.4, 0.5) is 0 Å². The van der Waals surface area contributed by atoms with Crippen LogP contribution in [-0.2, 0) is 4.74 Å². The molecule has 2 amide bonds. The Labute approximate surface area is 112 Å². The number of hydrogen-bond acceptors (Lipinski definition) is 3. The minimum Gasteiger partial charge on any atom is -0.370 e. The van der Waals surface area contributed by atoms with E-state index >= 15 is 0 Å². The number of amides is 2. The number of hydrogen-bond donors (Lipinski definition) is 0. The van der Waals surface area contributed by atoms with Crippen molar-refractivity contribution in [3.05, 3.63) is 35.4 Å². The molecule has 2 aliphatic rings. The number of imide groups is 1. The second-order valence-electron chi connectivity index (χ2n) is 5.07. The molecule has 0 radical (unpaired) electrons. The molecule has 0 spiro atoms. The average Bonchev–Trinajstić information content (AvgIpc) is 3.16. The van der Waals surface area contributed by atoms with E-state index in [1.807, 2.05) is 0 Å². The molecule has 0 aromatic heterocycles. The van der Waals surface area contributed by atoms with Crippen LogP contribution >= 0.6 is 0 Å². The highest BCUT2D eigenvalue weighted by atomic mass is 16.6. The van der Waals surface area contributed by atoms with E-state index in [1.54, 1.807) is 24.3 Å². The smallest absolute Gasteiger partial charge is 0.261 e. The summed E-state index contributed by atoms with van der Waals surface area (Å²) >= 11 is 0. The Morgan fingerprint density at radius 1 is 1.11 bits per heavy atom. The molecular weight excluding hydrogens is 242 g/mol. The van der Waals surface area contributed by atoms with Crippen LogP contribution in [0.2, 0.25) is 0 Å². The molecule has 0 bridgehead atoms. The third-order valence-corrected chi connectivity index (χ3v) is 3.84. The van der Waals surface area contributed by atoms with Crippen LogP contribution in [0.1, 0.15) is 46.9 Å². The number of carbonyl (C=O) groups excluding carboxylic acids is 2. The quantitative estimate of drug-likeness (QED) is 0.602. The molecule has 1 saturated heterocycles. The van der Waals surface area contributed by atoms with E-state index in [4.69, 9.17) is 4.74 Å². The fourth-order valence-electron chi connectivity index (χ4n) is 2.69. The summed E-state index contributed by atoms with van der Waals surface area (Å²) in [6, 6.07) is 7.01. The van der Waals surface area contributed by atoms with E-state index in [1.165, 1.54) is 4.90 Å². The number of epoxide rings is 1. The summed E-state index contributed by atoms with van der Waals surface area (Å²) in [6.45, 7) is 2.59. The van der Waals surface area contributed by atoms with Crippen molar-refractivity contribution in [3.63, 3.8) is 0 Å². The van der Waals surface area contributed by atoms with Crippen LogP contribution in [0.3, 0.4) is 0 Å². The molecule has 2 atom stereocenters. The summed E-state index contributed by atoms with van der Waals surface area (Å²) in [5.74, 6) is -0.325. The molecule has 100 valence electrons. The molecule has 0 aliphatic carbocycles. The Bertz CT molecular complexity index is 491. The lowest BCUT2D eigenvalue weighted by atomic mass is 10.1. The Balaban J connectivity index is 1.58. The molecule has 2 aliphatic heterocycles. The third kappa shape index (κ3) is 2.16. The molecule has 3 rings (SSSR count). The van der Waals surface area contributed by atoms with E-state index in [0.29, 0.717) is 29.9 Å². The average molecular weight is 259 g/mol. The Morgan fingerprint density at radius 2 is 1.74 bits per heavy atom. The second-order valence-corrected chi connectivity index (χ2v) is 5.07. The minimum absolute atomic E-state index is 0.163. The van der Waals surface area contributed by atoms with Crippen molar-refractivity contribution < 1.29 is 14.3 Å². The zero-order valence-electron chi connectivity index (χ0n) is 11.0.